The van der Waals surface area contributed by atoms with Crippen LogP contribution in [0.25, 0.3) is 23.5 Å². The second kappa shape index (κ2) is 5.30. The van der Waals surface area contributed by atoms with Crippen LogP contribution < -0.4 is 0 Å². The lowest BCUT2D eigenvalue weighted by atomic mass is 10.2. The van der Waals surface area contributed by atoms with Crippen LogP contribution in [0, 0.1) is 6.92 Å². The van der Waals surface area contributed by atoms with Crippen molar-refractivity contribution in [2.75, 3.05) is 0 Å². The van der Waals surface area contributed by atoms with Crippen LogP contribution in [0.15, 0.2) is 35.7 Å². The summed E-state index contributed by atoms with van der Waals surface area (Å²) in [4.78, 5) is 5.56. The molecule has 100 valence electrons. The predicted molar refractivity (Wildman–Crippen MR) is 81.5 cm³/mol. The molecule has 2 N–H and O–H groups in total. The molecule has 0 bridgehead atoms. The summed E-state index contributed by atoms with van der Waals surface area (Å²) in [5, 5.41) is 18.8. The number of para-hydroxylation sites is 1. The highest BCUT2D eigenvalue weighted by Crippen LogP contribution is 2.25. The zero-order chi connectivity index (χ0) is 13.9. The molecule has 0 saturated heterocycles. The van der Waals surface area contributed by atoms with Gasteiger partial charge in [0.1, 0.15) is 11.6 Å². The van der Waals surface area contributed by atoms with Crippen molar-refractivity contribution >= 4 is 23.5 Å². The number of aromatic amines is 1. The van der Waals surface area contributed by atoms with E-state index in [9.17, 15) is 5.11 Å². The molecule has 0 unspecified atom stereocenters. The number of nitrogens with one attached hydrogen (secondary N) is 1. The molecule has 2 aromatic heterocycles. The Bertz CT molecular complexity index is 758. The molecule has 0 aliphatic carbocycles. The van der Waals surface area contributed by atoms with Crippen molar-refractivity contribution in [2.24, 2.45) is 0 Å². The topological polar surface area (TPSA) is 61.8 Å². The summed E-state index contributed by atoms with van der Waals surface area (Å²) < 4.78 is 0. The lowest BCUT2D eigenvalue weighted by molar-refractivity contribution is 0.477. The fourth-order valence-corrected chi connectivity index (χ4v) is 2.66. The van der Waals surface area contributed by atoms with Gasteiger partial charge in [-0.15, -0.1) is 11.3 Å². The Kier molecular flexibility index (Phi) is 3.35. The number of aromatic hydroxyl groups is 1. The number of phenols is 1. The minimum atomic E-state index is 0.177. The fraction of sp³-hybridized carbons (Fsp3) is 0.0667. The normalized spacial score (nSPS) is 11.2. The van der Waals surface area contributed by atoms with Crippen LogP contribution in [-0.4, -0.2) is 20.3 Å². The smallest absolute Gasteiger partial charge is 0.185 e. The lowest BCUT2D eigenvalue weighted by Gasteiger charge is -1.97. The average molecular weight is 283 g/mol. The SMILES string of the molecule is Cc1ccsc1C=Cc1nc(-c2ccccc2O)n[nH]1. The maximum absolute atomic E-state index is 9.78. The maximum Gasteiger partial charge on any atom is 0.185 e. The van der Waals surface area contributed by atoms with Gasteiger partial charge >= 0.3 is 0 Å². The monoisotopic (exact) mass is 283 g/mol. The van der Waals surface area contributed by atoms with Crippen LogP contribution in [0.5, 0.6) is 5.75 Å². The Balaban J connectivity index is 1.86. The van der Waals surface area contributed by atoms with Crippen LogP contribution in [0.3, 0.4) is 0 Å². The third-order valence-electron chi connectivity index (χ3n) is 2.94. The Labute approximate surface area is 120 Å². The Morgan fingerprint density at radius 3 is 2.80 bits per heavy atom. The van der Waals surface area contributed by atoms with Crippen LogP contribution in [-0.2, 0) is 0 Å². The summed E-state index contributed by atoms with van der Waals surface area (Å²) in [6.45, 7) is 2.07. The number of H-pyrrole nitrogens is 1. The summed E-state index contributed by atoms with van der Waals surface area (Å²) in [7, 11) is 0. The van der Waals surface area contributed by atoms with E-state index in [0.29, 0.717) is 17.2 Å². The molecule has 0 aliphatic rings. The van der Waals surface area contributed by atoms with Crippen LogP contribution in [0.1, 0.15) is 16.3 Å². The average Bonchev–Trinajstić information content (AvgIpc) is 3.06. The second-order valence-electron chi connectivity index (χ2n) is 4.36. The number of hydrogen-bond donors (Lipinski definition) is 2. The number of nitrogens with zero attached hydrogens (tertiary/aromatic N) is 2. The Morgan fingerprint density at radius 2 is 2.05 bits per heavy atom. The van der Waals surface area contributed by atoms with Gasteiger partial charge < -0.3 is 5.11 Å². The third kappa shape index (κ3) is 2.48. The summed E-state index contributed by atoms with van der Waals surface area (Å²) in [5.41, 5.74) is 1.86. The molecule has 0 radical (unpaired) electrons. The van der Waals surface area contributed by atoms with E-state index in [0.717, 1.165) is 0 Å². The molecule has 1 aromatic carbocycles. The summed E-state index contributed by atoms with van der Waals surface area (Å²) >= 11 is 1.69. The molecule has 0 atom stereocenters. The molecule has 20 heavy (non-hydrogen) atoms. The first-order valence-corrected chi connectivity index (χ1v) is 7.05. The molecule has 0 amide bonds. The number of rotatable bonds is 3. The number of hydrogen-bond acceptors (Lipinski definition) is 4. The van der Waals surface area contributed by atoms with Crippen molar-refractivity contribution in [3.05, 3.63) is 52.0 Å². The molecule has 2 heterocycles. The molecule has 0 spiro atoms. The highest BCUT2D eigenvalue weighted by atomic mass is 32.1. The van der Waals surface area contributed by atoms with Crippen LogP contribution >= 0.6 is 11.3 Å². The molecular weight excluding hydrogens is 270 g/mol. The molecule has 0 aliphatic heterocycles. The molecule has 3 aromatic rings. The largest absolute Gasteiger partial charge is 0.507 e. The second-order valence-corrected chi connectivity index (χ2v) is 5.31. The minimum absolute atomic E-state index is 0.177. The van der Waals surface area contributed by atoms with Gasteiger partial charge in [0.15, 0.2) is 5.82 Å². The number of phenolic OH excluding ortho intramolecular Hbond substituents is 1. The van der Waals surface area contributed by atoms with Gasteiger partial charge in [-0.25, -0.2) is 4.98 Å². The zero-order valence-corrected chi connectivity index (χ0v) is 11.7. The standard InChI is InChI=1S/C15H13N3OS/c1-10-8-9-20-13(10)6-7-14-16-15(18-17-14)11-4-2-3-5-12(11)19/h2-9,19H,1H3,(H,16,17,18). The van der Waals surface area contributed by atoms with Crippen LogP contribution in [0.2, 0.25) is 0 Å². The van der Waals surface area contributed by atoms with Crippen molar-refractivity contribution in [1.29, 1.82) is 0 Å². The number of benzene rings is 1. The van der Waals surface area contributed by atoms with E-state index in [1.807, 2.05) is 18.2 Å². The molecule has 5 heteroatoms. The predicted octanol–water partition coefficient (Wildman–Crippen LogP) is 3.72. The maximum atomic E-state index is 9.78. The van der Waals surface area contributed by atoms with Gasteiger partial charge in [0.05, 0.1) is 5.56 Å². The van der Waals surface area contributed by atoms with Crippen molar-refractivity contribution in [1.82, 2.24) is 15.2 Å². The van der Waals surface area contributed by atoms with E-state index < -0.39 is 0 Å². The fourth-order valence-electron chi connectivity index (χ4n) is 1.84. The van der Waals surface area contributed by atoms with Gasteiger partial charge in [0, 0.05) is 4.88 Å². The number of aryl methyl sites for hydroxylation is 1. The van der Waals surface area contributed by atoms with E-state index in [4.69, 9.17) is 0 Å². The Hall–Kier alpha value is -2.40. The highest BCUT2D eigenvalue weighted by molar-refractivity contribution is 7.11. The first-order valence-electron chi connectivity index (χ1n) is 6.17. The summed E-state index contributed by atoms with van der Waals surface area (Å²) in [5.74, 6) is 1.33. The quantitative estimate of drug-likeness (QED) is 0.770. The first-order chi connectivity index (χ1) is 9.74. The number of thiophene rings is 1. The zero-order valence-electron chi connectivity index (χ0n) is 10.9. The molecular formula is C15H13N3OS. The van der Waals surface area contributed by atoms with Gasteiger partial charge in [-0.3, -0.25) is 5.10 Å². The van der Waals surface area contributed by atoms with Crippen molar-refractivity contribution in [2.45, 2.75) is 6.92 Å². The lowest BCUT2D eigenvalue weighted by Crippen LogP contribution is -1.81. The first kappa shape index (κ1) is 12.6. The van der Waals surface area contributed by atoms with E-state index in [-0.39, 0.29) is 5.75 Å². The van der Waals surface area contributed by atoms with Gasteiger partial charge in [0.2, 0.25) is 0 Å². The van der Waals surface area contributed by atoms with Gasteiger partial charge in [-0.2, -0.15) is 5.10 Å². The number of aromatic nitrogens is 3. The minimum Gasteiger partial charge on any atom is -0.507 e. The Morgan fingerprint density at radius 1 is 1.20 bits per heavy atom. The van der Waals surface area contributed by atoms with E-state index in [1.54, 1.807) is 29.5 Å². The van der Waals surface area contributed by atoms with Gasteiger partial charge in [-0.1, -0.05) is 12.1 Å². The van der Waals surface area contributed by atoms with Gasteiger partial charge in [-0.05, 0) is 48.2 Å². The van der Waals surface area contributed by atoms with E-state index in [2.05, 4.69) is 33.6 Å². The van der Waals surface area contributed by atoms with Crippen molar-refractivity contribution < 1.29 is 5.11 Å². The third-order valence-corrected chi connectivity index (χ3v) is 3.93. The molecule has 4 nitrogen and oxygen atoms in total. The van der Waals surface area contributed by atoms with Gasteiger partial charge in [0.25, 0.3) is 0 Å². The molecule has 3 rings (SSSR count). The van der Waals surface area contributed by atoms with Crippen LogP contribution in [0.4, 0.5) is 0 Å². The van der Waals surface area contributed by atoms with Crippen molar-refractivity contribution in [3.63, 3.8) is 0 Å². The van der Waals surface area contributed by atoms with E-state index in [1.165, 1.54) is 10.4 Å². The summed E-state index contributed by atoms with van der Waals surface area (Å²) in [6, 6.07) is 9.10. The molecule has 0 saturated carbocycles. The summed E-state index contributed by atoms with van der Waals surface area (Å²) in [6.07, 6.45) is 3.89. The molecule has 0 fully saturated rings. The van der Waals surface area contributed by atoms with E-state index >= 15 is 0 Å². The van der Waals surface area contributed by atoms with Crippen molar-refractivity contribution in [3.8, 4) is 17.1 Å². The highest BCUT2D eigenvalue weighted by Gasteiger charge is 2.08.